The Morgan fingerprint density at radius 2 is 2.17 bits per heavy atom. The highest BCUT2D eigenvalue weighted by molar-refractivity contribution is 8.00. The number of halogens is 1. The molecule has 2 N–H and O–H groups in total. The van der Waals surface area contributed by atoms with E-state index in [0.29, 0.717) is 0 Å². The molecule has 5 heteroatoms. The van der Waals surface area contributed by atoms with Crippen molar-refractivity contribution in [2.75, 3.05) is 13.4 Å². The van der Waals surface area contributed by atoms with Crippen molar-refractivity contribution >= 4 is 30.1 Å². The third-order valence-corrected chi connectivity index (χ3v) is 3.41. The maximum absolute atomic E-state index is 11.2. The Labute approximate surface area is 82.8 Å². The fraction of sp³-hybridized carbons (Fsp3) is 0.857. The van der Waals surface area contributed by atoms with Gasteiger partial charge in [0.25, 0.3) is 0 Å². The monoisotopic (exact) mass is 211 g/mol. The maximum Gasteiger partial charge on any atom is 0.322 e. The molecule has 0 radical (unpaired) electrons. The predicted octanol–water partition coefficient (Wildman–Crippen LogP) is 0.804. The number of hydrogen-bond donors (Lipinski definition) is 1. The molecule has 0 aliphatic heterocycles. The summed E-state index contributed by atoms with van der Waals surface area (Å²) < 4.78 is 4.36. The van der Waals surface area contributed by atoms with Crippen molar-refractivity contribution in [3.05, 3.63) is 0 Å². The number of methoxy groups -OCH3 is 1. The molecule has 0 spiro atoms. The van der Waals surface area contributed by atoms with E-state index in [2.05, 4.69) is 4.74 Å². The van der Waals surface area contributed by atoms with Gasteiger partial charge in [0.1, 0.15) is 4.75 Å². The van der Waals surface area contributed by atoms with Gasteiger partial charge in [-0.1, -0.05) is 0 Å². The van der Waals surface area contributed by atoms with Crippen molar-refractivity contribution in [3.63, 3.8) is 0 Å². The minimum Gasteiger partial charge on any atom is -0.468 e. The van der Waals surface area contributed by atoms with E-state index in [1.54, 1.807) is 11.8 Å². The summed E-state index contributed by atoms with van der Waals surface area (Å²) in [6, 6.07) is 0.182. The molecule has 1 aliphatic rings. The fourth-order valence-corrected chi connectivity index (χ4v) is 2.40. The van der Waals surface area contributed by atoms with Gasteiger partial charge >= 0.3 is 5.97 Å². The number of carbonyl (C=O) groups is 1. The van der Waals surface area contributed by atoms with Crippen LogP contribution >= 0.6 is 24.2 Å². The Hall–Kier alpha value is 0.0700. The molecule has 12 heavy (non-hydrogen) atoms. The largest absolute Gasteiger partial charge is 0.468 e. The van der Waals surface area contributed by atoms with Gasteiger partial charge in [-0.2, -0.15) is 0 Å². The van der Waals surface area contributed by atoms with Gasteiger partial charge in [0, 0.05) is 6.04 Å². The maximum atomic E-state index is 11.2. The van der Waals surface area contributed by atoms with Gasteiger partial charge in [-0.3, -0.25) is 4.79 Å². The highest BCUT2D eigenvalue weighted by Crippen LogP contribution is 2.42. The molecule has 0 aromatic carbocycles. The minimum absolute atomic E-state index is 0. The second kappa shape index (κ2) is 4.35. The molecule has 72 valence electrons. The number of thioether (sulfide) groups is 1. The molecule has 1 saturated carbocycles. The van der Waals surface area contributed by atoms with E-state index in [1.807, 2.05) is 6.26 Å². The van der Waals surface area contributed by atoms with Crippen LogP contribution in [-0.4, -0.2) is 30.1 Å². The van der Waals surface area contributed by atoms with E-state index in [0.717, 1.165) is 12.8 Å². The zero-order valence-corrected chi connectivity index (χ0v) is 8.83. The number of carbonyl (C=O) groups excluding carboxylic acids is 1. The molecule has 0 saturated heterocycles. The van der Waals surface area contributed by atoms with Crippen molar-refractivity contribution in [1.29, 1.82) is 0 Å². The highest BCUT2D eigenvalue weighted by Gasteiger charge is 2.49. The molecule has 1 fully saturated rings. The smallest absolute Gasteiger partial charge is 0.322 e. The van der Waals surface area contributed by atoms with Gasteiger partial charge in [0.2, 0.25) is 0 Å². The molecule has 0 atom stereocenters. The van der Waals surface area contributed by atoms with Crippen LogP contribution in [-0.2, 0) is 9.53 Å². The van der Waals surface area contributed by atoms with E-state index in [-0.39, 0.29) is 29.2 Å². The van der Waals surface area contributed by atoms with Crippen molar-refractivity contribution < 1.29 is 9.53 Å². The zero-order valence-electron chi connectivity index (χ0n) is 7.20. The zero-order chi connectivity index (χ0) is 8.48. The van der Waals surface area contributed by atoms with E-state index < -0.39 is 0 Å². The summed E-state index contributed by atoms with van der Waals surface area (Å²) in [5, 5.41) is 0. The van der Waals surface area contributed by atoms with Gasteiger partial charge in [-0.05, 0) is 19.1 Å². The highest BCUT2D eigenvalue weighted by atomic mass is 35.5. The minimum atomic E-state index is -0.325. The van der Waals surface area contributed by atoms with Crippen LogP contribution in [0, 0.1) is 0 Å². The van der Waals surface area contributed by atoms with Gasteiger partial charge in [-0.25, -0.2) is 0 Å². The van der Waals surface area contributed by atoms with Crippen LogP contribution in [0.15, 0.2) is 0 Å². The average molecular weight is 212 g/mol. The van der Waals surface area contributed by atoms with Crippen LogP contribution in [0.2, 0.25) is 0 Å². The lowest BCUT2D eigenvalue weighted by Gasteiger charge is -2.41. The number of ether oxygens (including phenoxy) is 1. The fourth-order valence-electron chi connectivity index (χ4n) is 1.39. The predicted molar refractivity (Wildman–Crippen MR) is 52.7 cm³/mol. The van der Waals surface area contributed by atoms with Gasteiger partial charge < -0.3 is 10.5 Å². The summed E-state index contributed by atoms with van der Waals surface area (Å²) in [5.41, 5.74) is 5.60. The molecule has 0 bridgehead atoms. The van der Waals surface area contributed by atoms with Gasteiger partial charge in [0.15, 0.2) is 0 Å². The third-order valence-electron chi connectivity index (χ3n) is 2.13. The number of rotatable bonds is 2. The second-order valence-corrected chi connectivity index (χ2v) is 4.05. The Balaban J connectivity index is 0.00000121. The molecule has 1 aliphatic carbocycles. The first-order valence-electron chi connectivity index (χ1n) is 3.54. The molecular weight excluding hydrogens is 198 g/mol. The summed E-state index contributed by atoms with van der Waals surface area (Å²) >= 11 is 1.54. The lowest BCUT2D eigenvalue weighted by atomic mass is 9.80. The Bertz CT molecular complexity index is 171. The molecule has 3 nitrogen and oxygen atoms in total. The van der Waals surface area contributed by atoms with Gasteiger partial charge in [0.05, 0.1) is 7.11 Å². The molecular formula is C7H14ClNO2S. The van der Waals surface area contributed by atoms with E-state index in [1.165, 1.54) is 7.11 Å². The first-order valence-corrected chi connectivity index (χ1v) is 4.76. The normalized spacial score (nSPS) is 33.1. The summed E-state index contributed by atoms with van der Waals surface area (Å²) in [6.07, 6.45) is 3.42. The second-order valence-electron chi connectivity index (χ2n) is 2.86. The van der Waals surface area contributed by atoms with Gasteiger partial charge in [-0.15, -0.1) is 24.2 Å². The molecule has 1 rings (SSSR count). The summed E-state index contributed by atoms with van der Waals surface area (Å²) in [7, 11) is 1.42. The number of nitrogens with two attached hydrogens (primary N) is 1. The summed E-state index contributed by atoms with van der Waals surface area (Å²) in [6.45, 7) is 0. The SMILES string of the molecule is COC(=O)C1(SC)CC(N)C1.Cl. The molecule has 0 aromatic rings. The molecule has 0 amide bonds. The first-order chi connectivity index (χ1) is 5.14. The Kier molecular flexibility index (Phi) is 4.37. The first kappa shape index (κ1) is 12.1. The quantitative estimate of drug-likeness (QED) is 0.687. The van der Waals surface area contributed by atoms with Crippen molar-refractivity contribution in [2.45, 2.75) is 23.6 Å². The average Bonchev–Trinajstić information content (AvgIpc) is 1.96. The van der Waals surface area contributed by atoms with E-state index >= 15 is 0 Å². The van der Waals surface area contributed by atoms with Crippen molar-refractivity contribution in [1.82, 2.24) is 0 Å². The van der Waals surface area contributed by atoms with Crippen LogP contribution in [0.25, 0.3) is 0 Å². The van der Waals surface area contributed by atoms with Crippen molar-refractivity contribution in [2.24, 2.45) is 5.73 Å². The van der Waals surface area contributed by atoms with Crippen LogP contribution < -0.4 is 5.73 Å². The topological polar surface area (TPSA) is 52.3 Å². The number of esters is 1. The summed E-state index contributed by atoms with van der Waals surface area (Å²) in [4.78, 5) is 11.2. The van der Waals surface area contributed by atoms with Crippen molar-refractivity contribution in [3.8, 4) is 0 Å². The van der Waals surface area contributed by atoms with Crippen LogP contribution in [0.3, 0.4) is 0 Å². The Morgan fingerprint density at radius 3 is 2.42 bits per heavy atom. The molecule has 0 heterocycles. The third kappa shape index (κ3) is 1.87. The summed E-state index contributed by atoms with van der Waals surface area (Å²) in [5.74, 6) is -0.133. The van der Waals surface area contributed by atoms with E-state index in [9.17, 15) is 4.79 Å². The van der Waals surface area contributed by atoms with Crippen LogP contribution in [0.4, 0.5) is 0 Å². The Morgan fingerprint density at radius 1 is 1.67 bits per heavy atom. The van der Waals surface area contributed by atoms with Crippen LogP contribution in [0.5, 0.6) is 0 Å². The number of hydrogen-bond acceptors (Lipinski definition) is 4. The van der Waals surface area contributed by atoms with Crippen LogP contribution in [0.1, 0.15) is 12.8 Å². The molecule has 0 aromatic heterocycles. The molecule has 0 unspecified atom stereocenters. The van der Waals surface area contributed by atoms with E-state index in [4.69, 9.17) is 5.73 Å². The lowest BCUT2D eigenvalue weighted by Crippen LogP contribution is -2.54. The standard InChI is InChI=1S/C7H13NO2S.ClH/c1-10-6(9)7(11-2)3-5(8)4-7;/h5H,3-4,8H2,1-2H3;1H. The lowest BCUT2D eigenvalue weighted by molar-refractivity contribution is -0.146.